The number of hydrogen-bond donors (Lipinski definition) is 2. The van der Waals surface area contributed by atoms with Gasteiger partial charge in [0.25, 0.3) is 0 Å². The van der Waals surface area contributed by atoms with E-state index in [1.165, 1.54) is 63.5 Å². The summed E-state index contributed by atoms with van der Waals surface area (Å²) in [7, 11) is 2.17. The van der Waals surface area contributed by atoms with Crippen molar-refractivity contribution >= 4 is 108 Å². The second-order valence-electron chi connectivity index (χ2n) is 11.9. The fraction of sp³-hybridized carbons (Fsp3) is 0.0238. The molecule has 3 nitrogen and oxygen atoms in total. The topological polar surface area (TPSA) is 54.8 Å². The van der Waals surface area contributed by atoms with Crippen LogP contribution in [-0.4, -0.2) is 10.3 Å². The zero-order chi connectivity index (χ0) is 31.6. The highest BCUT2D eigenvalue weighted by Gasteiger charge is 2.16. The largest absolute Gasteiger partial charge is 0.397 e. The molecule has 5 heteroatoms. The third kappa shape index (κ3) is 4.28. The van der Waals surface area contributed by atoms with Crippen molar-refractivity contribution in [1.29, 1.82) is 5.41 Å². The summed E-state index contributed by atoms with van der Waals surface area (Å²) in [5.74, 6) is 0. The Morgan fingerprint density at radius 3 is 1.91 bits per heavy atom. The van der Waals surface area contributed by atoms with E-state index in [2.05, 4.69) is 96.5 Å². The highest BCUT2D eigenvalue weighted by atomic mass is 32.1. The number of aryl methyl sites for hydroxylation is 1. The summed E-state index contributed by atoms with van der Waals surface area (Å²) in [6, 6.07) is 49.0. The van der Waals surface area contributed by atoms with Crippen molar-refractivity contribution in [2.45, 2.75) is 0 Å². The van der Waals surface area contributed by atoms with Gasteiger partial charge in [-0.1, -0.05) is 109 Å². The van der Waals surface area contributed by atoms with Crippen LogP contribution in [0.15, 0.2) is 140 Å². The van der Waals surface area contributed by atoms with E-state index in [4.69, 9.17) is 11.1 Å². The van der Waals surface area contributed by atoms with E-state index in [9.17, 15) is 0 Å². The summed E-state index contributed by atoms with van der Waals surface area (Å²) in [4.78, 5) is 0.849. The predicted molar refractivity (Wildman–Crippen MR) is 207 cm³/mol. The average molecular weight is 640 g/mol. The smallest absolute Gasteiger partial charge is 0.0805 e. The molecule has 0 radical (unpaired) electrons. The second kappa shape index (κ2) is 10.8. The maximum absolute atomic E-state index is 8.27. The molecule has 10 aromatic rings. The molecule has 0 aliphatic rings. The van der Waals surface area contributed by atoms with Crippen molar-refractivity contribution in [1.82, 2.24) is 4.57 Å². The molecule has 7 aromatic carbocycles. The summed E-state index contributed by atoms with van der Waals surface area (Å²) in [6.45, 7) is 0. The Morgan fingerprint density at radius 1 is 0.511 bits per heavy atom. The summed E-state index contributed by atoms with van der Waals surface area (Å²) in [6.07, 6.45) is 0. The van der Waals surface area contributed by atoms with Gasteiger partial charge in [-0.3, -0.25) is 5.41 Å². The number of nitrogens with two attached hydrogens (primary N) is 1. The van der Waals surface area contributed by atoms with Crippen LogP contribution in [0.4, 0.5) is 5.69 Å². The Hall–Kier alpha value is -5.49. The van der Waals surface area contributed by atoms with Crippen molar-refractivity contribution in [2.24, 2.45) is 7.05 Å². The summed E-state index contributed by atoms with van der Waals surface area (Å²) < 4.78 is 6.17. The van der Waals surface area contributed by atoms with Crippen LogP contribution < -0.4 is 5.73 Å². The standard InChI is InChI=1S/C27H17NS.C15H12N2S/c1-28-21-8-4-2-6-19(21)26-18-12-10-16-11-15-24-27(20-7-3-5-9-23(20)29-24)25(16)17(18)13-14-22(26)28;16-13(10-6-2-1-3-7-10)15-14(17)11-8-4-5-9-12(11)18-15/h2-15H,1H3;1-9,16H,17H2. The van der Waals surface area contributed by atoms with E-state index >= 15 is 0 Å². The van der Waals surface area contributed by atoms with Crippen LogP contribution in [0.5, 0.6) is 0 Å². The fourth-order valence-corrected chi connectivity index (χ4v) is 9.30. The first-order valence-corrected chi connectivity index (χ1v) is 17.3. The van der Waals surface area contributed by atoms with Gasteiger partial charge in [0.15, 0.2) is 0 Å². The SMILES string of the molecule is Cn1c2ccccc2c2c3ccc4ccc5sc6ccccc6c5c4c3ccc21.N=C(c1ccccc1)c1sc2ccccc2c1N. The number of nitrogen functional groups attached to an aromatic ring is 1. The van der Waals surface area contributed by atoms with E-state index in [0.29, 0.717) is 11.4 Å². The Morgan fingerprint density at radius 2 is 1.13 bits per heavy atom. The Balaban J connectivity index is 0.000000145. The zero-order valence-electron chi connectivity index (χ0n) is 25.6. The fourth-order valence-electron chi connectivity index (χ4n) is 7.09. The molecule has 0 aliphatic heterocycles. The summed E-state index contributed by atoms with van der Waals surface area (Å²) in [5.41, 5.74) is 10.8. The lowest BCUT2D eigenvalue weighted by molar-refractivity contribution is 1.01. The number of anilines is 1. The highest BCUT2D eigenvalue weighted by Crippen LogP contribution is 2.43. The van der Waals surface area contributed by atoms with E-state index in [1.807, 2.05) is 65.9 Å². The first-order valence-electron chi connectivity index (χ1n) is 15.6. The van der Waals surface area contributed by atoms with Gasteiger partial charge in [0.1, 0.15) is 0 Å². The number of para-hydroxylation sites is 1. The van der Waals surface area contributed by atoms with Gasteiger partial charge in [0.05, 0.1) is 16.3 Å². The first-order chi connectivity index (χ1) is 23.1. The molecule has 0 spiro atoms. The highest BCUT2D eigenvalue weighted by molar-refractivity contribution is 7.26. The molecule has 10 rings (SSSR count). The quantitative estimate of drug-likeness (QED) is 0.143. The third-order valence-corrected chi connectivity index (χ3v) is 11.7. The van der Waals surface area contributed by atoms with Crippen molar-refractivity contribution in [2.75, 3.05) is 5.73 Å². The van der Waals surface area contributed by atoms with E-state index in [0.717, 1.165) is 20.5 Å². The number of benzene rings is 7. The number of rotatable bonds is 2. The van der Waals surface area contributed by atoms with Gasteiger partial charge >= 0.3 is 0 Å². The zero-order valence-corrected chi connectivity index (χ0v) is 27.3. The molecule has 0 saturated carbocycles. The molecule has 0 atom stereocenters. The molecular weight excluding hydrogens is 611 g/mol. The molecule has 0 aliphatic carbocycles. The number of fused-ring (bicyclic) bond motifs is 12. The lowest BCUT2D eigenvalue weighted by Crippen LogP contribution is -2.01. The minimum Gasteiger partial charge on any atom is -0.397 e. The van der Waals surface area contributed by atoms with Crippen LogP contribution in [0.2, 0.25) is 0 Å². The van der Waals surface area contributed by atoms with E-state index < -0.39 is 0 Å². The molecule has 3 N–H and O–H groups in total. The number of hydrogen-bond acceptors (Lipinski definition) is 4. The van der Waals surface area contributed by atoms with E-state index in [-0.39, 0.29) is 0 Å². The van der Waals surface area contributed by atoms with Gasteiger partial charge in [0, 0.05) is 64.7 Å². The molecule has 47 heavy (non-hydrogen) atoms. The monoisotopic (exact) mass is 639 g/mol. The van der Waals surface area contributed by atoms with Gasteiger partial charge < -0.3 is 10.3 Å². The molecule has 3 heterocycles. The normalized spacial score (nSPS) is 11.7. The second-order valence-corrected chi connectivity index (χ2v) is 14.0. The van der Waals surface area contributed by atoms with Crippen molar-refractivity contribution in [3.8, 4) is 0 Å². The number of nitrogens with one attached hydrogen (secondary N) is 1. The maximum atomic E-state index is 8.27. The molecule has 0 amide bonds. The maximum Gasteiger partial charge on any atom is 0.0805 e. The lowest BCUT2D eigenvalue weighted by atomic mass is 9.95. The average Bonchev–Trinajstić information content (AvgIpc) is 3.78. The van der Waals surface area contributed by atoms with Crippen molar-refractivity contribution in [3.63, 3.8) is 0 Å². The van der Waals surface area contributed by atoms with Crippen LogP contribution in [0.3, 0.4) is 0 Å². The minimum absolute atomic E-state index is 0.495. The lowest BCUT2D eigenvalue weighted by Gasteiger charge is -2.08. The van der Waals surface area contributed by atoms with Gasteiger partial charge in [-0.2, -0.15) is 0 Å². The van der Waals surface area contributed by atoms with Crippen LogP contribution >= 0.6 is 22.7 Å². The molecule has 0 fully saturated rings. The molecular formula is C42H29N3S2. The Bertz CT molecular complexity index is 2840. The van der Waals surface area contributed by atoms with Crippen molar-refractivity contribution < 1.29 is 0 Å². The minimum atomic E-state index is 0.495. The molecule has 0 bridgehead atoms. The van der Waals surface area contributed by atoms with Crippen LogP contribution in [0.1, 0.15) is 10.4 Å². The molecule has 0 saturated heterocycles. The first kappa shape index (κ1) is 27.8. The Kier molecular flexibility index (Phi) is 6.39. The molecule has 224 valence electrons. The van der Waals surface area contributed by atoms with Crippen LogP contribution in [0.25, 0.3) is 73.6 Å². The van der Waals surface area contributed by atoms with Gasteiger partial charge in [-0.15, -0.1) is 22.7 Å². The third-order valence-electron chi connectivity index (χ3n) is 9.32. The van der Waals surface area contributed by atoms with E-state index in [1.54, 1.807) is 11.3 Å². The number of aromatic nitrogens is 1. The summed E-state index contributed by atoms with van der Waals surface area (Å²) >= 11 is 3.47. The van der Waals surface area contributed by atoms with Crippen LogP contribution in [0, 0.1) is 5.41 Å². The van der Waals surface area contributed by atoms with Gasteiger partial charge in [0.2, 0.25) is 0 Å². The molecule has 0 unspecified atom stereocenters. The van der Waals surface area contributed by atoms with Gasteiger partial charge in [-0.05, 0) is 51.9 Å². The molecule has 3 aromatic heterocycles. The Labute approximate surface area is 279 Å². The summed E-state index contributed by atoms with van der Waals surface area (Å²) in [5, 5.41) is 20.2. The van der Waals surface area contributed by atoms with Gasteiger partial charge in [-0.25, -0.2) is 0 Å². The van der Waals surface area contributed by atoms with Crippen molar-refractivity contribution in [3.05, 3.63) is 150 Å². The number of nitrogens with zero attached hydrogens (tertiary/aromatic N) is 1. The van der Waals surface area contributed by atoms with Crippen LogP contribution in [-0.2, 0) is 7.05 Å². The predicted octanol–water partition coefficient (Wildman–Crippen LogP) is 11.9. The number of thiophene rings is 2.